The topological polar surface area (TPSA) is 75.6 Å². The van der Waals surface area contributed by atoms with E-state index in [-0.39, 0.29) is 17.5 Å². The van der Waals surface area contributed by atoms with E-state index in [9.17, 15) is 14.7 Å². The van der Waals surface area contributed by atoms with Crippen molar-refractivity contribution in [2.75, 3.05) is 0 Å². The summed E-state index contributed by atoms with van der Waals surface area (Å²) in [5.41, 5.74) is 0.549. The third kappa shape index (κ3) is 5.94. The molecule has 0 unspecified atom stereocenters. The lowest BCUT2D eigenvalue weighted by Gasteiger charge is -2.25. The van der Waals surface area contributed by atoms with Crippen molar-refractivity contribution in [1.82, 2.24) is 5.32 Å². The van der Waals surface area contributed by atoms with Crippen LogP contribution in [-0.2, 0) is 9.59 Å². The molecule has 152 valence electrons. The second-order valence-electron chi connectivity index (χ2n) is 7.41. The Labute approximate surface area is 178 Å². The Morgan fingerprint density at radius 1 is 1.07 bits per heavy atom. The molecule has 6 heteroatoms. The lowest BCUT2D eigenvalue weighted by Crippen LogP contribution is -2.34. The first kappa shape index (κ1) is 21.1. The lowest BCUT2D eigenvalue weighted by molar-refractivity contribution is -0.135. The van der Waals surface area contributed by atoms with Crippen molar-refractivity contribution in [3.8, 4) is 11.5 Å². The number of ether oxygens (including phenoxy) is 1. The van der Waals surface area contributed by atoms with Gasteiger partial charge in [-0.05, 0) is 83.4 Å². The molecular formula is C23H24BrNO4. The van der Waals surface area contributed by atoms with E-state index >= 15 is 0 Å². The van der Waals surface area contributed by atoms with E-state index in [1.807, 2.05) is 24.3 Å². The summed E-state index contributed by atoms with van der Waals surface area (Å²) in [4.78, 5) is 24.1. The fourth-order valence-electron chi connectivity index (χ4n) is 3.36. The average Bonchev–Trinajstić information content (AvgIpc) is 2.71. The van der Waals surface area contributed by atoms with Gasteiger partial charge in [0, 0.05) is 5.92 Å². The van der Waals surface area contributed by atoms with Crippen molar-refractivity contribution in [2.45, 2.75) is 32.6 Å². The van der Waals surface area contributed by atoms with E-state index in [0.29, 0.717) is 23.0 Å². The van der Waals surface area contributed by atoms with E-state index in [4.69, 9.17) is 4.74 Å². The zero-order valence-corrected chi connectivity index (χ0v) is 17.8. The number of hydrogen-bond acceptors (Lipinski definition) is 3. The fourth-order valence-corrected chi connectivity index (χ4v) is 3.73. The molecule has 29 heavy (non-hydrogen) atoms. The van der Waals surface area contributed by atoms with Gasteiger partial charge in [0.1, 0.15) is 17.2 Å². The van der Waals surface area contributed by atoms with Crippen LogP contribution in [-0.4, -0.2) is 17.0 Å². The summed E-state index contributed by atoms with van der Waals surface area (Å²) in [7, 11) is 0. The first-order valence-corrected chi connectivity index (χ1v) is 10.5. The number of rotatable bonds is 6. The summed E-state index contributed by atoms with van der Waals surface area (Å²) in [6.07, 6.45) is 5.09. The fraction of sp³-hybridized carbons (Fsp3) is 0.304. The second-order valence-corrected chi connectivity index (χ2v) is 8.27. The summed E-state index contributed by atoms with van der Waals surface area (Å²) in [5.74, 6) is 0.470. The smallest absolute Gasteiger partial charge is 0.352 e. The van der Waals surface area contributed by atoms with Crippen LogP contribution in [0.15, 0.2) is 58.7 Å². The number of aliphatic carboxylic acids is 1. The van der Waals surface area contributed by atoms with Crippen LogP contribution in [0.3, 0.4) is 0 Å². The van der Waals surface area contributed by atoms with Gasteiger partial charge in [0.25, 0.3) is 0 Å². The predicted molar refractivity (Wildman–Crippen MR) is 116 cm³/mol. The highest BCUT2D eigenvalue weighted by molar-refractivity contribution is 9.10. The maximum absolute atomic E-state index is 12.5. The molecule has 0 aliphatic heterocycles. The molecule has 1 aliphatic rings. The molecule has 0 radical (unpaired) electrons. The third-order valence-electron chi connectivity index (χ3n) is 5.13. The lowest BCUT2D eigenvalue weighted by atomic mass is 9.82. The van der Waals surface area contributed by atoms with Crippen LogP contribution in [0.25, 0.3) is 6.08 Å². The summed E-state index contributed by atoms with van der Waals surface area (Å²) in [6.45, 7) is 2.18. The molecule has 2 N–H and O–H groups in total. The molecular weight excluding hydrogens is 434 g/mol. The highest BCUT2D eigenvalue weighted by Crippen LogP contribution is 2.30. The van der Waals surface area contributed by atoms with Crippen molar-refractivity contribution in [3.63, 3.8) is 0 Å². The van der Waals surface area contributed by atoms with Crippen molar-refractivity contribution in [2.24, 2.45) is 11.8 Å². The number of para-hydroxylation sites is 1. The van der Waals surface area contributed by atoms with Gasteiger partial charge in [-0.25, -0.2) is 4.79 Å². The Bertz CT molecular complexity index is 899. The Balaban J connectivity index is 1.68. The summed E-state index contributed by atoms with van der Waals surface area (Å²) in [5, 5.41) is 12.1. The van der Waals surface area contributed by atoms with Crippen LogP contribution in [0, 0.1) is 11.8 Å². The van der Waals surface area contributed by atoms with Crippen molar-refractivity contribution in [3.05, 3.63) is 64.3 Å². The molecule has 0 bridgehead atoms. The quantitative estimate of drug-likeness (QED) is 0.552. The molecule has 3 rings (SSSR count). The van der Waals surface area contributed by atoms with Gasteiger partial charge in [0.15, 0.2) is 0 Å². The number of halogens is 1. The Morgan fingerprint density at radius 2 is 1.72 bits per heavy atom. The molecule has 1 amide bonds. The molecule has 2 aromatic carbocycles. The SMILES string of the molecule is CC1CCC(C(=O)N/C(=C/c2ccc(Oc3ccccc3Br)cc2)C(=O)O)CC1. The maximum atomic E-state index is 12.5. The predicted octanol–water partition coefficient (Wildman–Crippen LogP) is 5.61. The van der Waals surface area contributed by atoms with Gasteiger partial charge in [-0.1, -0.05) is 31.2 Å². The van der Waals surface area contributed by atoms with Crippen molar-refractivity contribution >= 4 is 33.9 Å². The second kappa shape index (κ2) is 9.74. The van der Waals surface area contributed by atoms with Gasteiger partial charge >= 0.3 is 5.97 Å². The van der Waals surface area contributed by atoms with Gasteiger partial charge in [0.05, 0.1) is 4.47 Å². The van der Waals surface area contributed by atoms with Crippen LogP contribution in [0.1, 0.15) is 38.2 Å². The highest BCUT2D eigenvalue weighted by Gasteiger charge is 2.25. The van der Waals surface area contributed by atoms with E-state index in [1.54, 1.807) is 24.3 Å². The molecule has 2 aromatic rings. The summed E-state index contributed by atoms with van der Waals surface area (Å²) in [6, 6.07) is 14.5. The standard InChI is InChI=1S/C23H24BrNO4/c1-15-6-10-17(11-7-15)22(26)25-20(23(27)28)14-16-8-12-18(13-9-16)29-21-5-3-2-4-19(21)24/h2-5,8-9,12-15,17H,6-7,10-11H2,1H3,(H,25,26)(H,27,28)/b20-14+. The van der Waals surface area contributed by atoms with Crippen LogP contribution in [0.2, 0.25) is 0 Å². The molecule has 5 nitrogen and oxygen atoms in total. The minimum absolute atomic E-state index is 0.117. The largest absolute Gasteiger partial charge is 0.477 e. The van der Waals surface area contributed by atoms with Crippen LogP contribution in [0.4, 0.5) is 0 Å². The van der Waals surface area contributed by atoms with Crippen molar-refractivity contribution in [1.29, 1.82) is 0 Å². The number of carboxylic acid groups (broad SMARTS) is 1. The first-order valence-electron chi connectivity index (χ1n) is 9.70. The Kier molecular flexibility index (Phi) is 7.09. The Hall–Kier alpha value is -2.60. The van der Waals surface area contributed by atoms with Gasteiger partial charge in [0.2, 0.25) is 5.91 Å². The Morgan fingerprint density at radius 3 is 2.34 bits per heavy atom. The minimum Gasteiger partial charge on any atom is -0.477 e. The average molecular weight is 458 g/mol. The van der Waals surface area contributed by atoms with E-state index in [0.717, 1.165) is 30.2 Å². The van der Waals surface area contributed by atoms with E-state index in [1.165, 1.54) is 6.08 Å². The molecule has 0 spiro atoms. The molecule has 1 saturated carbocycles. The first-order chi connectivity index (χ1) is 13.9. The molecule has 1 aliphatic carbocycles. The molecule has 0 saturated heterocycles. The van der Waals surface area contributed by atoms with Crippen LogP contribution >= 0.6 is 15.9 Å². The van der Waals surface area contributed by atoms with Gasteiger partial charge < -0.3 is 15.2 Å². The van der Waals surface area contributed by atoms with Crippen LogP contribution < -0.4 is 10.1 Å². The van der Waals surface area contributed by atoms with E-state index in [2.05, 4.69) is 28.2 Å². The normalized spacial score (nSPS) is 19.4. The number of amides is 1. The van der Waals surface area contributed by atoms with Gasteiger partial charge in [-0.15, -0.1) is 0 Å². The van der Waals surface area contributed by atoms with Crippen molar-refractivity contribution < 1.29 is 19.4 Å². The van der Waals surface area contributed by atoms with Gasteiger partial charge in [-0.3, -0.25) is 4.79 Å². The molecule has 0 aromatic heterocycles. The molecule has 0 heterocycles. The number of nitrogens with one attached hydrogen (secondary N) is 1. The maximum Gasteiger partial charge on any atom is 0.352 e. The zero-order chi connectivity index (χ0) is 20.8. The molecule has 1 fully saturated rings. The highest BCUT2D eigenvalue weighted by atomic mass is 79.9. The number of hydrogen-bond donors (Lipinski definition) is 2. The van der Waals surface area contributed by atoms with Gasteiger partial charge in [-0.2, -0.15) is 0 Å². The number of carbonyl (C=O) groups excluding carboxylic acids is 1. The van der Waals surface area contributed by atoms with Crippen LogP contribution in [0.5, 0.6) is 11.5 Å². The number of benzene rings is 2. The number of carboxylic acids is 1. The number of carbonyl (C=O) groups is 2. The minimum atomic E-state index is -1.16. The molecule has 0 atom stereocenters. The third-order valence-corrected chi connectivity index (χ3v) is 5.79. The monoisotopic (exact) mass is 457 g/mol. The summed E-state index contributed by atoms with van der Waals surface area (Å²) >= 11 is 3.44. The summed E-state index contributed by atoms with van der Waals surface area (Å²) < 4.78 is 6.66. The zero-order valence-electron chi connectivity index (χ0n) is 16.2. The van der Waals surface area contributed by atoms with E-state index < -0.39 is 5.97 Å².